The minimum Gasteiger partial charge on any atom is -0.478 e. The number of aryl methyl sites for hydroxylation is 1. The number of hydrogen-bond donors (Lipinski definition) is 1. The molecule has 144 valence electrons. The van der Waals surface area contributed by atoms with E-state index in [1.165, 1.54) is 17.1 Å². The molecule has 0 saturated carbocycles. The van der Waals surface area contributed by atoms with Gasteiger partial charge in [-0.1, -0.05) is 29.8 Å². The van der Waals surface area contributed by atoms with Crippen LogP contribution in [0.4, 0.5) is 5.69 Å². The lowest BCUT2D eigenvalue weighted by atomic mass is 10.1. The highest BCUT2D eigenvalue weighted by atomic mass is 16.4. The third-order valence-electron chi connectivity index (χ3n) is 4.67. The van der Waals surface area contributed by atoms with E-state index in [4.69, 9.17) is 9.52 Å². The van der Waals surface area contributed by atoms with Crippen LogP contribution in [0.5, 0.6) is 0 Å². The fraction of sp³-hybridized carbons (Fsp3) is 0.0870. The van der Waals surface area contributed by atoms with Crippen molar-refractivity contribution < 1.29 is 19.1 Å². The standard InChI is InChI=1S/C23H18N2O4/c1-14-3-9-18(10-4-14)25-22(26)20(15(2)24-25)13-19-11-12-21(29-19)16-5-7-17(8-6-16)23(27)28/h3-13H,1-2H3,(H,27,28)/b20-13+. The smallest absolute Gasteiger partial charge is 0.335 e. The molecule has 0 bridgehead atoms. The van der Waals surface area contributed by atoms with Crippen molar-refractivity contribution in [2.45, 2.75) is 13.8 Å². The Morgan fingerprint density at radius 3 is 2.34 bits per heavy atom. The molecular weight excluding hydrogens is 368 g/mol. The molecule has 0 fully saturated rings. The maximum absolute atomic E-state index is 12.8. The van der Waals surface area contributed by atoms with Crippen LogP contribution in [0.3, 0.4) is 0 Å². The molecule has 1 amide bonds. The lowest BCUT2D eigenvalue weighted by Gasteiger charge is -2.11. The second-order valence-electron chi connectivity index (χ2n) is 6.78. The van der Waals surface area contributed by atoms with Gasteiger partial charge in [-0.05, 0) is 56.3 Å². The van der Waals surface area contributed by atoms with Gasteiger partial charge in [0.2, 0.25) is 0 Å². The molecule has 0 unspecified atom stereocenters. The number of hydrazone groups is 1. The predicted molar refractivity (Wildman–Crippen MR) is 111 cm³/mol. The van der Waals surface area contributed by atoms with Gasteiger partial charge in [-0.15, -0.1) is 0 Å². The van der Waals surface area contributed by atoms with Crippen LogP contribution in [0.1, 0.15) is 28.6 Å². The summed E-state index contributed by atoms with van der Waals surface area (Å²) in [6, 6.07) is 17.6. The number of carbonyl (C=O) groups excluding carboxylic acids is 1. The first-order valence-electron chi connectivity index (χ1n) is 9.04. The predicted octanol–water partition coefficient (Wildman–Crippen LogP) is 4.76. The molecule has 29 heavy (non-hydrogen) atoms. The van der Waals surface area contributed by atoms with Gasteiger partial charge >= 0.3 is 5.97 Å². The van der Waals surface area contributed by atoms with Crippen LogP contribution in [0.25, 0.3) is 17.4 Å². The summed E-state index contributed by atoms with van der Waals surface area (Å²) < 4.78 is 5.84. The lowest BCUT2D eigenvalue weighted by molar-refractivity contribution is -0.114. The van der Waals surface area contributed by atoms with E-state index in [1.807, 2.05) is 31.2 Å². The highest BCUT2D eigenvalue weighted by Crippen LogP contribution is 2.28. The summed E-state index contributed by atoms with van der Waals surface area (Å²) in [5.41, 5.74) is 3.86. The first kappa shape index (κ1) is 18.4. The average Bonchev–Trinajstić information content (AvgIpc) is 3.29. The van der Waals surface area contributed by atoms with Gasteiger partial charge < -0.3 is 9.52 Å². The fourth-order valence-electron chi connectivity index (χ4n) is 3.05. The van der Waals surface area contributed by atoms with Crippen molar-refractivity contribution in [2.24, 2.45) is 5.10 Å². The molecule has 0 radical (unpaired) electrons. The number of carbonyl (C=O) groups is 2. The molecule has 6 nitrogen and oxygen atoms in total. The third kappa shape index (κ3) is 3.60. The Labute approximate surface area is 167 Å². The molecule has 1 aromatic heterocycles. The van der Waals surface area contributed by atoms with Crippen LogP contribution in [0.15, 0.2) is 75.8 Å². The van der Waals surface area contributed by atoms with E-state index in [0.29, 0.717) is 28.5 Å². The zero-order valence-corrected chi connectivity index (χ0v) is 15.9. The SMILES string of the molecule is CC1=NN(c2ccc(C)cc2)C(=O)/C1=C/c1ccc(-c2ccc(C(=O)O)cc2)o1. The zero-order chi connectivity index (χ0) is 20.5. The summed E-state index contributed by atoms with van der Waals surface area (Å²) >= 11 is 0. The first-order valence-corrected chi connectivity index (χ1v) is 9.04. The fourth-order valence-corrected chi connectivity index (χ4v) is 3.05. The number of aromatic carboxylic acids is 1. The van der Waals surface area contributed by atoms with Gasteiger partial charge in [-0.3, -0.25) is 4.79 Å². The van der Waals surface area contributed by atoms with Crippen molar-refractivity contribution in [1.82, 2.24) is 0 Å². The minimum atomic E-state index is -0.978. The van der Waals surface area contributed by atoms with Crippen LogP contribution >= 0.6 is 0 Å². The number of benzene rings is 2. The van der Waals surface area contributed by atoms with Gasteiger partial charge in [0.05, 0.1) is 22.5 Å². The van der Waals surface area contributed by atoms with Crippen molar-refractivity contribution >= 4 is 29.4 Å². The van der Waals surface area contributed by atoms with E-state index in [-0.39, 0.29) is 11.5 Å². The number of nitrogens with zero attached hydrogens (tertiary/aromatic N) is 2. The average molecular weight is 386 g/mol. The second-order valence-corrected chi connectivity index (χ2v) is 6.78. The van der Waals surface area contributed by atoms with E-state index in [9.17, 15) is 9.59 Å². The summed E-state index contributed by atoms with van der Waals surface area (Å²) in [6.07, 6.45) is 1.67. The van der Waals surface area contributed by atoms with Crippen LogP contribution in [0.2, 0.25) is 0 Å². The highest BCUT2D eigenvalue weighted by molar-refractivity contribution is 6.32. The lowest BCUT2D eigenvalue weighted by Crippen LogP contribution is -2.21. The Morgan fingerprint density at radius 1 is 1.00 bits per heavy atom. The molecule has 0 saturated heterocycles. The monoisotopic (exact) mass is 386 g/mol. The molecule has 0 spiro atoms. The summed E-state index contributed by atoms with van der Waals surface area (Å²) in [7, 11) is 0. The molecule has 0 aliphatic carbocycles. The maximum Gasteiger partial charge on any atom is 0.335 e. The van der Waals surface area contributed by atoms with Gasteiger partial charge in [0, 0.05) is 5.56 Å². The number of hydrogen-bond acceptors (Lipinski definition) is 4. The molecule has 1 N–H and O–H groups in total. The summed E-state index contributed by atoms with van der Waals surface area (Å²) in [6.45, 7) is 3.77. The molecule has 0 atom stereocenters. The van der Waals surface area contributed by atoms with E-state index in [2.05, 4.69) is 5.10 Å². The molecule has 6 heteroatoms. The van der Waals surface area contributed by atoms with E-state index < -0.39 is 5.97 Å². The number of carboxylic acids is 1. The number of anilines is 1. The summed E-state index contributed by atoms with van der Waals surface area (Å²) in [5.74, 6) is -0.0839. The van der Waals surface area contributed by atoms with Crippen molar-refractivity contribution in [2.75, 3.05) is 5.01 Å². The number of rotatable bonds is 4. The molecule has 2 heterocycles. The Morgan fingerprint density at radius 2 is 1.69 bits per heavy atom. The topological polar surface area (TPSA) is 83.1 Å². The summed E-state index contributed by atoms with van der Waals surface area (Å²) in [4.78, 5) is 23.8. The maximum atomic E-state index is 12.8. The molecule has 2 aromatic carbocycles. The quantitative estimate of drug-likeness (QED) is 0.656. The molecule has 1 aliphatic rings. The summed E-state index contributed by atoms with van der Waals surface area (Å²) in [5, 5.41) is 14.8. The number of carboxylic acid groups (broad SMARTS) is 1. The molecule has 4 rings (SSSR count). The Kier molecular flexibility index (Phi) is 4.60. The Balaban J connectivity index is 1.58. The first-order chi connectivity index (χ1) is 13.9. The largest absolute Gasteiger partial charge is 0.478 e. The van der Waals surface area contributed by atoms with Crippen LogP contribution < -0.4 is 5.01 Å². The van der Waals surface area contributed by atoms with Crippen LogP contribution in [-0.2, 0) is 4.79 Å². The molecule has 1 aliphatic heterocycles. The van der Waals surface area contributed by atoms with Gasteiger partial charge in [-0.2, -0.15) is 10.1 Å². The minimum absolute atomic E-state index is 0.210. The van der Waals surface area contributed by atoms with Gasteiger partial charge in [0.15, 0.2) is 0 Å². The number of amides is 1. The Bertz CT molecular complexity index is 1150. The van der Waals surface area contributed by atoms with Crippen LogP contribution in [-0.4, -0.2) is 22.7 Å². The number of furan rings is 1. The van der Waals surface area contributed by atoms with E-state index >= 15 is 0 Å². The highest BCUT2D eigenvalue weighted by Gasteiger charge is 2.29. The molecule has 3 aromatic rings. The van der Waals surface area contributed by atoms with Crippen LogP contribution in [0, 0.1) is 6.92 Å². The van der Waals surface area contributed by atoms with Gasteiger partial charge in [0.25, 0.3) is 5.91 Å². The third-order valence-corrected chi connectivity index (χ3v) is 4.67. The van der Waals surface area contributed by atoms with E-state index in [0.717, 1.165) is 11.1 Å². The molecular formula is C23H18N2O4. The van der Waals surface area contributed by atoms with Gasteiger partial charge in [-0.25, -0.2) is 4.79 Å². The van der Waals surface area contributed by atoms with Crippen molar-refractivity contribution in [1.29, 1.82) is 0 Å². The zero-order valence-electron chi connectivity index (χ0n) is 15.9. The van der Waals surface area contributed by atoms with Crippen molar-refractivity contribution in [3.63, 3.8) is 0 Å². The van der Waals surface area contributed by atoms with E-state index in [1.54, 1.807) is 37.3 Å². The van der Waals surface area contributed by atoms with Gasteiger partial charge in [0.1, 0.15) is 11.5 Å². The second kappa shape index (κ2) is 7.24. The Hall–Kier alpha value is -3.93. The normalized spacial score (nSPS) is 15.1. The van der Waals surface area contributed by atoms with Crippen molar-refractivity contribution in [3.8, 4) is 11.3 Å². The van der Waals surface area contributed by atoms with Crippen molar-refractivity contribution in [3.05, 3.63) is 83.1 Å².